The molecule has 2 rings (SSSR count). The van der Waals surface area contributed by atoms with Crippen LogP contribution in [-0.2, 0) is 11.2 Å². The summed E-state index contributed by atoms with van der Waals surface area (Å²) in [5, 5.41) is 0. The summed E-state index contributed by atoms with van der Waals surface area (Å²) in [5.41, 5.74) is 3.77. The maximum absolute atomic E-state index is 12.2. The number of methoxy groups -OCH3 is 1. The Morgan fingerprint density at radius 3 is 2.65 bits per heavy atom. The maximum Gasteiger partial charge on any atom is 0.226 e. The van der Waals surface area contributed by atoms with Gasteiger partial charge in [0.15, 0.2) is 0 Å². The van der Waals surface area contributed by atoms with Crippen LogP contribution in [-0.4, -0.2) is 31.0 Å². The van der Waals surface area contributed by atoms with E-state index < -0.39 is 0 Å². The predicted octanol–water partition coefficient (Wildman–Crippen LogP) is 3.28. The smallest absolute Gasteiger partial charge is 0.226 e. The van der Waals surface area contributed by atoms with Gasteiger partial charge < -0.3 is 9.64 Å². The second kappa shape index (κ2) is 6.60. The fourth-order valence-electron chi connectivity index (χ4n) is 2.68. The van der Waals surface area contributed by atoms with E-state index in [1.165, 1.54) is 16.7 Å². The lowest BCUT2D eigenvalue weighted by Crippen LogP contribution is -2.30. The molecule has 1 aromatic carbocycles. The molecule has 0 aromatic heterocycles. The zero-order chi connectivity index (χ0) is 14.5. The van der Waals surface area contributed by atoms with Gasteiger partial charge >= 0.3 is 0 Å². The largest absolute Gasteiger partial charge is 0.497 e. The van der Waals surface area contributed by atoms with E-state index in [0.29, 0.717) is 6.42 Å². The lowest BCUT2D eigenvalue weighted by Gasteiger charge is -2.22. The molecule has 0 unspecified atom stereocenters. The first-order valence-electron chi connectivity index (χ1n) is 7.32. The highest BCUT2D eigenvalue weighted by molar-refractivity contribution is 5.80. The van der Waals surface area contributed by atoms with Gasteiger partial charge in [0.2, 0.25) is 5.91 Å². The van der Waals surface area contributed by atoms with Gasteiger partial charge in [-0.1, -0.05) is 17.7 Å². The summed E-state index contributed by atoms with van der Waals surface area (Å²) in [4.78, 5) is 14.0. The van der Waals surface area contributed by atoms with Gasteiger partial charge in [-0.3, -0.25) is 4.79 Å². The summed E-state index contributed by atoms with van der Waals surface area (Å²) in [5.74, 6) is 1.14. The molecule has 0 saturated carbocycles. The maximum atomic E-state index is 12.2. The molecule has 3 heteroatoms. The molecule has 0 spiro atoms. The van der Waals surface area contributed by atoms with E-state index in [1.54, 1.807) is 7.11 Å². The van der Waals surface area contributed by atoms with Gasteiger partial charge in [-0.15, -0.1) is 0 Å². The Bertz CT molecular complexity index is 516. The predicted molar refractivity (Wildman–Crippen MR) is 81.8 cm³/mol. The number of nitrogens with zero attached hydrogens (tertiary/aromatic N) is 1. The molecule has 0 radical (unpaired) electrons. The minimum Gasteiger partial charge on any atom is -0.497 e. The fraction of sp³-hybridized carbons (Fsp3) is 0.471. The van der Waals surface area contributed by atoms with Crippen molar-refractivity contribution in [1.29, 1.82) is 0 Å². The van der Waals surface area contributed by atoms with Gasteiger partial charge in [0.25, 0.3) is 0 Å². The van der Waals surface area contributed by atoms with Crippen molar-refractivity contribution in [2.24, 2.45) is 0 Å². The van der Waals surface area contributed by atoms with Gasteiger partial charge in [0, 0.05) is 19.5 Å². The van der Waals surface area contributed by atoms with Crippen LogP contribution < -0.4 is 4.74 Å². The number of aryl methyl sites for hydroxylation is 1. The number of hydrogen-bond acceptors (Lipinski definition) is 2. The lowest BCUT2D eigenvalue weighted by molar-refractivity contribution is -0.130. The highest BCUT2D eigenvalue weighted by atomic mass is 16.5. The molecule has 0 fully saturated rings. The number of fused-ring (bicyclic) bond motifs is 1. The van der Waals surface area contributed by atoms with E-state index in [2.05, 4.69) is 18.2 Å². The van der Waals surface area contributed by atoms with Crippen LogP contribution in [0.15, 0.2) is 23.8 Å². The van der Waals surface area contributed by atoms with E-state index in [0.717, 1.165) is 31.7 Å². The molecule has 1 aromatic rings. The minimum absolute atomic E-state index is 0.234. The zero-order valence-electron chi connectivity index (χ0n) is 12.6. The van der Waals surface area contributed by atoms with Crippen molar-refractivity contribution in [1.82, 2.24) is 4.90 Å². The Balaban J connectivity index is 2.11. The summed E-state index contributed by atoms with van der Waals surface area (Å²) in [6, 6.07) is 6.15. The first-order valence-corrected chi connectivity index (χ1v) is 7.32. The first-order chi connectivity index (χ1) is 9.67. The van der Waals surface area contributed by atoms with Crippen molar-refractivity contribution in [3.05, 3.63) is 34.9 Å². The number of ether oxygens (including phenoxy) is 1. The molecule has 3 nitrogen and oxygen atoms in total. The van der Waals surface area contributed by atoms with Gasteiger partial charge in [0.05, 0.1) is 7.11 Å². The van der Waals surface area contributed by atoms with E-state index in [1.807, 2.05) is 24.8 Å². The quantitative estimate of drug-likeness (QED) is 0.824. The van der Waals surface area contributed by atoms with Crippen molar-refractivity contribution in [2.45, 2.75) is 33.1 Å². The SMILES string of the molecule is CCN(CC)C(=O)CC1=Cc2ccc(OC)cc2CC1. The third-order valence-electron chi connectivity index (χ3n) is 3.92. The van der Waals surface area contributed by atoms with E-state index in [4.69, 9.17) is 4.74 Å². The van der Waals surface area contributed by atoms with Crippen LogP contribution in [0.3, 0.4) is 0 Å². The monoisotopic (exact) mass is 273 g/mol. The highest BCUT2D eigenvalue weighted by Crippen LogP contribution is 2.28. The van der Waals surface area contributed by atoms with Gasteiger partial charge in [-0.25, -0.2) is 0 Å². The summed E-state index contributed by atoms with van der Waals surface area (Å²) < 4.78 is 5.25. The van der Waals surface area contributed by atoms with Gasteiger partial charge in [-0.05, 0) is 49.9 Å². The average molecular weight is 273 g/mol. The van der Waals surface area contributed by atoms with Crippen LogP contribution in [0.4, 0.5) is 0 Å². The van der Waals surface area contributed by atoms with E-state index in [9.17, 15) is 4.79 Å². The molecule has 0 atom stereocenters. The van der Waals surface area contributed by atoms with Crippen molar-refractivity contribution < 1.29 is 9.53 Å². The van der Waals surface area contributed by atoms with Crippen LogP contribution >= 0.6 is 0 Å². The Kier molecular flexibility index (Phi) is 4.83. The molecule has 0 saturated heterocycles. The highest BCUT2D eigenvalue weighted by Gasteiger charge is 2.16. The molecule has 0 N–H and O–H groups in total. The average Bonchev–Trinajstić information content (AvgIpc) is 2.48. The first kappa shape index (κ1) is 14.6. The Morgan fingerprint density at radius 1 is 1.25 bits per heavy atom. The number of amides is 1. The number of carbonyl (C=O) groups excluding carboxylic acids is 1. The molecule has 108 valence electrons. The van der Waals surface area contributed by atoms with Crippen LogP contribution in [0.1, 0.15) is 37.8 Å². The topological polar surface area (TPSA) is 29.5 Å². The van der Waals surface area contributed by atoms with Crippen LogP contribution in [0, 0.1) is 0 Å². The van der Waals surface area contributed by atoms with Crippen molar-refractivity contribution >= 4 is 12.0 Å². The molecule has 0 heterocycles. The molecule has 1 amide bonds. The summed E-state index contributed by atoms with van der Waals surface area (Å²) >= 11 is 0. The fourth-order valence-corrected chi connectivity index (χ4v) is 2.68. The number of hydrogen-bond donors (Lipinski definition) is 0. The van der Waals surface area contributed by atoms with E-state index in [-0.39, 0.29) is 5.91 Å². The van der Waals surface area contributed by atoms with Crippen molar-refractivity contribution in [3.8, 4) is 5.75 Å². The third-order valence-corrected chi connectivity index (χ3v) is 3.92. The molecular weight excluding hydrogens is 250 g/mol. The molecule has 1 aliphatic rings. The van der Waals surface area contributed by atoms with Crippen LogP contribution in [0.2, 0.25) is 0 Å². The lowest BCUT2D eigenvalue weighted by atomic mass is 9.90. The minimum atomic E-state index is 0.234. The zero-order valence-corrected chi connectivity index (χ0v) is 12.6. The number of benzene rings is 1. The molecule has 0 bridgehead atoms. The molecule has 1 aliphatic carbocycles. The molecule has 20 heavy (non-hydrogen) atoms. The normalized spacial score (nSPS) is 13.4. The second-order valence-corrected chi connectivity index (χ2v) is 5.11. The number of carbonyl (C=O) groups is 1. The Labute approximate surface area is 121 Å². The Morgan fingerprint density at radius 2 is 2.00 bits per heavy atom. The second-order valence-electron chi connectivity index (χ2n) is 5.11. The molecule has 0 aliphatic heterocycles. The summed E-state index contributed by atoms with van der Waals surface area (Å²) in [6.45, 7) is 5.63. The third kappa shape index (κ3) is 3.21. The van der Waals surface area contributed by atoms with Gasteiger partial charge in [-0.2, -0.15) is 0 Å². The number of rotatable bonds is 5. The van der Waals surface area contributed by atoms with Gasteiger partial charge in [0.1, 0.15) is 5.75 Å². The summed E-state index contributed by atoms with van der Waals surface area (Å²) in [7, 11) is 1.69. The van der Waals surface area contributed by atoms with Crippen molar-refractivity contribution in [3.63, 3.8) is 0 Å². The standard InChI is InChI=1S/C17H23NO2/c1-4-18(5-2)17(19)11-13-6-7-15-12-16(20-3)9-8-14(15)10-13/h8-10,12H,4-7,11H2,1-3H3. The van der Waals surface area contributed by atoms with Crippen LogP contribution in [0.25, 0.3) is 6.08 Å². The summed E-state index contributed by atoms with van der Waals surface area (Å²) in [6.07, 6.45) is 4.67. The van der Waals surface area contributed by atoms with E-state index >= 15 is 0 Å². The van der Waals surface area contributed by atoms with Crippen molar-refractivity contribution in [2.75, 3.05) is 20.2 Å². The molecular formula is C17H23NO2. The van der Waals surface area contributed by atoms with Crippen LogP contribution in [0.5, 0.6) is 5.75 Å². The Hall–Kier alpha value is -1.77.